The molecule has 3 rings (SSSR count). The lowest BCUT2D eigenvalue weighted by Gasteiger charge is -2.11. The van der Waals surface area contributed by atoms with Gasteiger partial charge < -0.3 is 14.6 Å². The van der Waals surface area contributed by atoms with Gasteiger partial charge in [0.05, 0.1) is 16.2 Å². The molecule has 0 aliphatic carbocycles. The van der Waals surface area contributed by atoms with Crippen LogP contribution in [0.4, 0.5) is 11.4 Å². The van der Waals surface area contributed by atoms with Crippen molar-refractivity contribution in [1.29, 1.82) is 0 Å². The van der Waals surface area contributed by atoms with Crippen molar-refractivity contribution < 1.29 is 19.2 Å². The molecule has 0 unspecified atom stereocenters. The Labute approximate surface area is 179 Å². The Kier molecular flexibility index (Phi) is 6.20. The van der Waals surface area contributed by atoms with Gasteiger partial charge in [0, 0.05) is 29.2 Å². The zero-order chi connectivity index (χ0) is 22.7. The molecule has 0 radical (unpaired) electrons. The number of hydrogen-bond acceptors (Lipinski definition) is 5. The van der Waals surface area contributed by atoms with Crippen molar-refractivity contribution in [3.8, 4) is 5.69 Å². The predicted octanol–water partition coefficient (Wildman–Crippen LogP) is 4.41. The summed E-state index contributed by atoms with van der Waals surface area (Å²) in [6.45, 7) is 6.92. The van der Waals surface area contributed by atoms with Crippen LogP contribution in [0.1, 0.15) is 32.9 Å². The van der Waals surface area contributed by atoms with Gasteiger partial charge in [0.15, 0.2) is 6.61 Å². The Morgan fingerprint density at radius 1 is 1.03 bits per heavy atom. The van der Waals surface area contributed by atoms with Gasteiger partial charge in [-0.25, -0.2) is 4.79 Å². The molecule has 0 aliphatic rings. The molecule has 3 aromatic rings. The van der Waals surface area contributed by atoms with Crippen molar-refractivity contribution in [2.45, 2.75) is 27.7 Å². The highest BCUT2D eigenvalue weighted by Gasteiger charge is 2.19. The summed E-state index contributed by atoms with van der Waals surface area (Å²) in [6.07, 6.45) is 0. The fraction of sp³-hybridized carbons (Fsp3) is 0.217. The number of non-ortho nitro benzene ring substituents is 1. The van der Waals surface area contributed by atoms with E-state index >= 15 is 0 Å². The molecule has 8 nitrogen and oxygen atoms in total. The molecule has 160 valence electrons. The fourth-order valence-corrected chi connectivity index (χ4v) is 3.31. The Hall–Kier alpha value is -3.94. The SMILES string of the molecule is Cc1ccc(-n2c(C)cc(C(=O)OCC(=O)Nc3cc([N+](=O)[O-])ccc3C)c2C)cc1. The first kappa shape index (κ1) is 21.8. The second-order valence-corrected chi connectivity index (χ2v) is 7.34. The van der Waals surface area contributed by atoms with E-state index < -0.39 is 23.4 Å². The first-order chi connectivity index (χ1) is 14.7. The molecule has 2 aromatic carbocycles. The van der Waals surface area contributed by atoms with E-state index in [0.717, 1.165) is 16.9 Å². The number of rotatable bonds is 6. The van der Waals surface area contributed by atoms with Crippen molar-refractivity contribution >= 4 is 23.3 Å². The maximum atomic E-state index is 12.6. The van der Waals surface area contributed by atoms with Crippen LogP contribution in [0.2, 0.25) is 0 Å². The molecule has 0 atom stereocenters. The van der Waals surface area contributed by atoms with Crippen LogP contribution in [0, 0.1) is 37.8 Å². The lowest BCUT2D eigenvalue weighted by molar-refractivity contribution is -0.384. The van der Waals surface area contributed by atoms with Crippen molar-refractivity contribution in [3.05, 3.63) is 86.7 Å². The third-order valence-electron chi connectivity index (χ3n) is 4.98. The molecule has 1 heterocycles. The first-order valence-corrected chi connectivity index (χ1v) is 9.65. The van der Waals surface area contributed by atoms with Gasteiger partial charge in [-0.2, -0.15) is 0 Å². The van der Waals surface area contributed by atoms with Gasteiger partial charge in [-0.15, -0.1) is 0 Å². The van der Waals surface area contributed by atoms with Crippen LogP contribution in [0.3, 0.4) is 0 Å². The lowest BCUT2D eigenvalue weighted by Crippen LogP contribution is -2.21. The normalized spacial score (nSPS) is 10.6. The third-order valence-corrected chi connectivity index (χ3v) is 4.98. The number of nitrogens with zero attached hydrogens (tertiary/aromatic N) is 2. The van der Waals surface area contributed by atoms with Crippen molar-refractivity contribution in [3.63, 3.8) is 0 Å². The number of carbonyl (C=O) groups is 2. The summed E-state index contributed by atoms with van der Waals surface area (Å²) in [5.41, 5.74) is 4.83. The van der Waals surface area contributed by atoms with Gasteiger partial charge in [-0.05, 0) is 51.5 Å². The Morgan fingerprint density at radius 2 is 1.71 bits per heavy atom. The van der Waals surface area contributed by atoms with Crippen LogP contribution >= 0.6 is 0 Å². The zero-order valence-corrected chi connectivity index (χ0v) is 17.8. The molecule has 8 heteroatoms. The summed E-state index contributed by atoms with van der Waals surface area (Å²) < 4.78 is 7.13. The number of nitro benzene ring substituents is 1. The van der Waals surface area contributed by atoms with Crippen molar-refractivity contribution in [1.82, 2.24) is 4.57 Å². The average Bonchev–Trinajstić information content (AvgIpc) is 3.02. The van der Waals surface area contributed by atoms with Crippen LogP contribution in [0.15, 0.2) is 48.5 Å². The van der Waals surface area contributed by atoms with Gasteiger partial charge in [0.1, 0.15) is 0 Å². The molecular weight excluding hydrogens is 398 g/mol. The highest BCUT2D eigenvalue weighted by atomic mass is 16.6. The van der Waals surface area contributed by atoms with Crippen LogP contribution in [-0.2, 0) is 9.53 Å². The number of aryl methyl sites for hydroxylation is 3. The van der Waals surface area contributed by atoms with Crippen molar-refractivity contribution in [2.75, 3.05) is 11.9 Å². The Bertz CT molecular complexity index is 1160. The van der Waals surface area contributed by atoms with Crippen LogP contribution in [0.5, 0.6) is 0 Å². The number of carbonyl (C=O) groups excluding carboxylic acids is 2. The Morgan fingerprint density at radius 3 is 2.35 bits per heavy atom. The number of amides is 1. The molecule has 0 aliphatic heterocycles. The largest absolute Gasteiger partial charge is 0.452 e. The number of hydrogen-bond donors (Lipinski definition) is 1. The fourth-order valence-electron chi connectivity index (χ4n) is 3.31. The number of ether oxygens (including phenoxy) is 1. The number of esters is 1. The van der Waals surface area contributed by atoms with E-state index in [1.54, 1.807) is 19.1 Å². The third kappa shape index (κ3) is 4.80. The van der Waals surface area contributed by atoms with Crippen LogP contribution in [-0.4, -0.2) is 28.0 Å². The molecule has 31 heavy (non-hydrogen) atoms. The van der Waals surface area contributed by atoms with E-state index in [2.05, 4.69) is 5.32 Å². The topological polar surface area (TPSA) is 103 Å². The van der Waals surface area contributed by atoms with Crippen LogP contribution < -0.4 is 5.32 Å². The molecule has 0 spiro atoms. The molecule has 0 bridgehead atoms. The second kappa shape index (κ2) is 8.83. The smallest absolute Gasteiger partial charge is 0.340 e. The number of anilines is 1. The van der Waals surface area contributed by atoms with E-state index in [4.69, 9.17) is 4.74 Å². The van der Waals surface area contributed by atoms with Gasteiger partial charge in [-0.1, -0.05) is 23.8 Å². The molecular formula is C23H23N3O5. The summed E-state index contributed by atoms with van der Waals surface area (Å²) >= 11 is 0. The van der Waals surface area contributed by atoms with E-state index in [0.29, 0.717) is 22.5 Å². The average molecular weight is 421 g/mol. The van der Waals surface area contributed by atoms with Gasteiger partial charge in [-0.3, -0.25) is 14.9 Å². The van der Waals surface area contributed by atoms with E-state index in [9.17, 15) is 19.7 Å². The highest BCUT2D eigenvalue weighted by Crippen LogP contribution is 2.23. The number of aromatic nitrogens is 1. The summed E-state index contributed by atoms with van der Waals surface area (Å²) in [6, 6.07) is 13.8. The summed E-state index contributed by atoms with van der Waals surface area (Å²) in [4.78, 5) is 35.2. The summed E-state index contributed by atoms with van der Waals surface area (Å²) in [7, 11) is 0. The monoisotopic (exact) mass is 421 g/mol. The second-order valence-electron chi connectivity index (χ2n) is 7.34. The number of nitrogens with one attached hydrogen (secondary N) is 1. The predicted molar refractivity (Wildman–Crippen MR) is 117 cm³/mol. The van der Waals surface area contributed by atoms with Gasteiger partial charge >= 0.3 is 5.97 Å². The minimum Gasteiger partial charge on any atom is -0.452 e. The van der Waals surface area contributed by atoms with E-state index in [1.165, 1.54) is 12.1 Å². The minimum atomic E-state index is -0.614. The lowest BCUT2D eigenvalue weighted by atomic mass is 10.2. The van der Waals surface area contributed by atoms with Gasteiger partial charge in [0.25, 0.3) is 11.6 Å². The number of nitro groups is 1. The molecule has 0 saturated heterocycles. The highest BCUT2D eigenvalue weighted by molar-refractivity contribution is 5.96. The molecule has 1 N–H and O–H groups in total. The molecule has 0 fully saturated rings. The van der Waals surface area contributed by atoms with Gasteiger partial charge in [0.2, 0.25) is 0 Å². The summed E-state index contributed by atoms with van der Waals surface area (Å²) in [5, 5.41) is 13.5. The quantitative estimate of drug-likeness (QED) is 0.361. The maximum Gasteiger partial charge on any atom is 0.340 e. The zero-order valence-electron chi connectivity index (χ0n) is 17.8. The molecule has 1 aromatic heterocycles. The maximum absolute atomic E-state index is 12.6. The van der Waals surface area contributed by atoms with E-state index in [-0.39, 0.29) is 5.69 Å². The Balaban J connectivity index is 1.69. The molecule has 0 saturated carbocycles. The minimum absolute atomic E-state index is 0.138. The standard InChI is InChI=1S/C23H23N3O5/c1-14-5-8-18(9-6-14)25-16(3)11-20(17(25)4)23(28)31-13-22(27)24-21-12-19(26(29)30)10-7-15(21)2/h5-12H,13H2,1-4H3,(H,24,27). The van der Waals surface area contributed by atoms with Crippen LogP contribution in [0.25, 0.3) is 5.69 Å². The van der Waals surface area contributed by atoms with Crippen molar-refractivity contribution in [2.24, 2.45) is 0 Å². The molecule has 1 amide bonds. The number of benzene rings is 2. The summed E-state index contributed by atoms with van der Waals surface area (Å²) in [5.74, 6) is -1.19. The first-order valence-electron chi connectivity index (χ1n) is 9.65. The van der Waals surface area contributed by atoms with E-state index in [1.807, 2.05) is 49.6 Å².